The van der Waals surface area contributed by atoms with Gasteiger partial charge in [-0.2, -0.15) is 0 Å². The molecule has 1 aliphatic rings. The molecular weight excluding hydrogens is 448 g/mol. The summed E-state index contributed by atoms with van der Waals surface area (Å²) in [5.41, 5.74) is 4.40. The molecule has 2 amide bonds. The van der Waals surface area contributed by atoms with E-state index in [1.165, 1.54) is 7.11 Å². The number of aliphatic carboxylic acids is 1. The average molecular weight is 483 g/mol. The fourth-order valence-electron chi connectivity index (χ4n) is 4.22. The van der Waals surface area contributed by atoms with E-state index >= 15 is 0 Å². The molecule has 0 saturated heterocycles. The first-order valence-corrected chi connectivity index (χ1v) is 11.8. The highest BCUT2D eigenvalue weighted by Gasteiger charge is 2.30. The SMILES string of the molecule is COC(CNC(=O)C(CCC(C)(C)C)NC(=O)OCC1c2ccccc2-c2ccccc21)C(=O)O. The molecule has 0 heterocycles. The van der Waals surface area contributed by atoms with Gasteiger partial charge >= 0.3 is 12.1 Å². The first kappa shape index (κ1) is 26.2. The van der Waals surface area contributed by atoms with Crippen molar-refractivity contribution in [2.24, 2.45) is 5.41 Å². The van der Waals surface area contributed by atoms with Gasteiger partial charge in [0.2, 0.25) is 5.91 Å². The van der Waals surface area contributed by atoms with Crippen molar-refractivity contribution in [1.82, 2.24) is 10.6 Å². The quantitative estimate of drug-likeness (QED) is 0.473. The van der Waals surface area contributed by atoms with Crippen molar-refractivity contribution in [2.45, 2.75) is 51.7 Å². The van der Waals surface area contributed by atoms with Crippen LogP contribution in [0.1, 0.15) is 50.7 Å². The van der Waals surface area contributed by atoms with Gasteiger partial charge in [-0.15, -0.1) is 0 Å². The summed E-state index contributed by atoms with van der Waals surface area (Å²) in [6.07, 6.45) is -0.815. The molecule has 188 valence electrons. The fraction of sp³-hybridized carbons (Fsp3) is 0.444. The lowest BCUT2D eigenvalue weighted by Gasteiger charge is -2.24. The molecule has 3 rings (SSSR count). The minimum atomic E-state index is -1.18. The van der Waals surface area contributed by atoms with Crippen LogP contribution in [0.4, 0.5) is 4.79 Å². The number of fused-ring (bicyclic) bond motifs is 3. The predicted molar refractivity (Wildman–Crippen MR) is 132 cm³/mol. The van der Waals surface area contributed by atoms with Crippen molar-refractivity contribution in [3.63, 3.8) is 0 Å². The Balaban J connectivity index is 1.65. The second-order valence-electron chi connectivity index (χ2n) is 9.93. The van der Waals surface area contributed by atoms with Crippen molar-refractivity contribution in [2.75, 3.05) is 20.3 Å². The summed E-state index contributed by atoms with van der Waals surface area (Å²) in [5, 5.41) is 14.4. The molecule has 8 nitrogen and oxygen atoms in total. The van der Waals surface area contributed by atoms with Gasteiger partial charge in [0, 0.05) is 13.0 Å². The van der Waals surface area contributed by atoms with Crippen LogP contribution < -0.4 is 10.6 Å². The fourth-order valence-corrected chi connectivity index (χ4v) is 4.22. The standard InChI is InChI=1S/C27H34N2O6/c1-27(2,3)14-13-22(24(30)28-15-23(34-4)25(31)32)29-26(33)35-16-21-19-11-7-5-9-17(19)18-10-6-8-12-20(18)21/h5-12,21-23H,13-16H2,1-4H3,(H,28,30)(H,29,33)(H,31,32). The molecule has 35 heavy (non-hydrogen) atoms. The van der Waals surface area contributed by atoms with E-state index in [1.54, 1.807) is 0 Å². The number of benzene rings is 2. The number of hydrogen-bond donors (Lipinski definition) is 3. The molecule has 1 aliphatic carbocycles. The maximum atomic E-state index is 12.8. The van der Waals surface area contributed by atoms with Crippen molar-refractivity contribution < 1.29 is 29.0 Å². The van der Waals surface area contributed by atoms with Gasteiger partial charge < -0.3 is 25.2 Å². The number of carboxylic acids is 1. The number of methoxy groups -OCH3 is 1. The Morgan fingerprint density at radius 2 is 1.57 bits per heavy atom. The molecule has 0 saturated carbocycles. The van der Waals surface area contributed by atoms with Crippen LogP contribution in [0.3, 0.4) is 0 Å². The van der Waals surface area contributed by atoms with E-state index in [2.05, 4.69) is 22.8 Å². The molecule has 0 radical (unpaired) electrons. The van der Waals surface area contributed by atoms with Crippen molar-refractivity contribution >= 4 is 18.0 Å². The van der Waals surface area contributed by atoms with E-state index in [-0.39, 0.29) is 24.5 Å². The van der Waals surface area contributed by atoms with Crippen LogP contribution in [-0.4, -0.2) is 55.5 Å². The molecule has 8 heteroatoms. The summed E-state index contributed by atoms with van der Waals surface area (Å²) >= 11 is 0. The number of ether oxygens (including phenoxy) is 2. The van der Waals surface area contributed by atoms with E-state index in [0.717, 1.165) is 22.3 Å². The highest BCUT2D eigenvalue weighted by atomic mass is 16.5. The smallest absolute Gasteiger partial charge is 0.407 e. The normalized spacial score (nSPS) is 14.4. The monoisotopic (exact) mass is 482 g/mol. The summed E-state index contributed by atoms with van der Waals surface area (Å²) < 4.78 is 10.5. The Hall–Kier alpha value is -3.39. The largest absolute Gasteiger partial charge is 0.479 e. The molecule has 3 N–H and O–H groups in total. The molecule has 2 aromatic rings. The van der Waals surface area contributed by atoms with Crippen molar-refractivity contribution in [3.05, 3.63) is 59.7 Å². The number of amides is 2. The maximum Gasteiger partial charge on any atom is 0.407 e. The lowest BCUT2D eigenvalue weighted by atomic mass is 9.88. The lowest BCUT2D eigenvalue weighted by molar-refractivity contribution is -0.148. The van der Waals surface area contributed by atoms with E-state index < -0.39 is 30.1 Å². The van der Waals surface area contributed by atoms with Gasteiger partial charge in [0.1, 0.15) is 12.6 Å². The number of hydrogen-bond acceptors (Lipinski definition) is 5. The minimum absolute atomic E-state index is 0.0580. The second-order valence-corrected chi connectivity index (χ2v) is 9.93. The van der Waals surface area contributed by atoms with Crippen LogP contribution in [0, 0.1) is 5.41 Å². The minimum Gasteiger partial charge on any atom is -0.479 e. The van der Waals surface area contributed by atoms with Gasteiger partial charge in [-0.3, -0.25) is 4.79 Å². The molecule has 0 spiro atoms. The summed E-state index contributed by atoms with van der Waals surface area (Å²) in [5.74, 6) is -1.75. The van der Waals surface area contributed by atoms with Crippen molar-refractivity contribution in [1.29, 1.82) is 0 Å². The zero-order valence-corrected chi connectivity index (χ0v) is 20.7. The third-order valence-electron chi connectivity index (χ3n) is 6.16. The van der Waals surface area contributed by atoms with Gasteiger partial charge in [0.05, 0.1) is 6.54 Å². The molecule has 0 bridgehead atoms. The van der Waals surface area contributed by atoms with Crippen LogP contribution in [0.5, 0.6) is 0 Å². The summed E-state index contributed by atoms with van der Waals surface area (Å²) in [7, 11) is 1.26. The van der Waals surface area contributed by atoms with E-state index in [4.69, 9.17) is 14.6 Å². The van der Waals surface area contributed by atoms with Gasteiger partial charge in [0.25, 0.3) is 0 Å². The molecule has 2 unspecified atom stereocenters. The maximum absolute atomic E-state index is 12.8. The van der Waals surface area contributed by atoms with E-state index in [9.17, 15) is 14.4 Å². The Morgan fingerprint density at radius 3 is 2.09 bits per heavy atom. The third kappa shape index (κ3) is 6.82. The Kier molecular flexibility index (Phi) is 8.51. The first-order valence-electron chi connectivity index (χ1n) is 11.8. The van der Waals surface area contributed by atoms with E-state index in [0.29, 0.717) is 12.8 Å². The molecule has 0 aromatic heterocycles. The molecule has 2 atom stereocenters. The highest BCUT2D eigenvalue weighted by Crippen LogP contribution is 2.44. The number of carboxylic acid groups (broad SMARTS) is 1. The summed E-state index contributed by atoms with van der Waals surface area (Å²) in [4.78, 5) is 36.7. The Labute approximate surface area is 206 Å². The van der Waals surface area contributed by atoms with E-state index in [1.807, 2.05) is 57.2 Å². The number of carbonyl (C=O) groups excluding carboxylic acids is 2. The highest BCUT2D eigenvalue weighted by molar-refractivity contribution is 5.86. The lowest BCUT2D eigenvalue weighted by Crippen LogP contribution is -2.49. The number of alkyl carbamates (subject to hydrolysis) is 1. The number of rotatable bonds is 10. The Bertz CT molecular complexity index is 1020. The molecule has 2 aromatic carbocycles. The van der Waals surface area contributed by atoms with Gasteiger partial charge in [-0.25, -0.2) is 9.59 Å². The summed E-state index contributed by atoms with van der Waals surface area (Å²) in [6.45, 7) is 6.06. The predicted octanol–water partition coefficient (Wildman–Crippen LogP) is 3.94. The zero-order chi connectivity index (χ0) is 25.6. The van der Waals surface area contributed by atoms with Gasteiger partial charge in [0.15, 0.2) is 6.10 Å². The van der Waals surface area contributed by atoms with Crippen LogP contribution in [-0.2, 0) is 19.1 Å². The van der Waals surface area contributed by atoms with Crippen LogP contribution >= 0.6 is 0 Å². The first-order chi connectivity index (χ1) is 16.6. The molecule has 0 fully saturated rings. The van der Waals surface area contributed by atoms with Crippen LogP contribution in [0.15, 0.2) is 48.5 Å². The third-order valence-corrected chi connectivity index (χ3v) is 6.16. The number of nitrogens with one attached hydrogen (secondary N) is 2. The topological polar surface area (TPSA) is 114 Å². The molecular formula is C27H34N2O6. The van der Waals surface area contributed by atoms with Crippen LogP contribution in [0.2, 0.25) is 0 Å². The Morgan fingerprint density at radius 1 is 1.00 bits per heavy atom. The van der Waals surface area contributed by atoms with Crippen molar-refractivity contribution in [3.8, 4) is 11.1 Å². The van der Waals surface area contributed by atoms with Gasteiger partial charge in [-0.1, -0.05) is 69.3 Å². The zero-order valence-electron chi connectivity index (χ0n) is 20.7. The summed E-state index contributed by atoms with van der Waals surface area (Å²) in [6, 6.07) is 15.2. The number of carbonyl (C=O) groups is 3. The van der Waals surface area contributed by atoms with Crippen LogP contribution in [0.25, 0.3) is 11.1 Å². The average Bonchev–Trinajstić information content (AvgIpc) is 3.13. The van der Waals surface area contributed by atoms with Gasteiger partial charge in [-0.05, 0) is 40.5 Å². The second kappa shape index (κ2) is 11.4. The molecule has 0 aliphatic heterocycles.